The van der Waals surface area contributed by atoms with E-state index in [1.807, 2.05) is 0 Å². The van der Waals surface area contributed by atoms with Gasteiger partial charge in [0.25, 0.3) is 5.91 Å². The van der Waals surface area contributed by atoms with Crippen LogP contribution in [-0.2, 0) is 4.79 Å². The monoisotopic (exact) mass is 199 g/mol. The normalized spacial score (nSPS) is 23.6. The van der Waals surface area contributed by atoms with Crippen LogP contribution < -0.4 is 0 Å². The molecule has 1 heterocycles. The molecule has 4 heteroatoms. The zero-order valence-electron chi connectivity index (χ0n) is 8.22. The number of amides is 1. The van der Waals surface area contributed by atoms with E-state index in [4.69, 9.17) is 5.11 Å². The summed E-state index contributed by atoms with van der Waals surface area (Å²) >= 11 is 0. The lowest BCUT2D eigenvalue weighted by Crippen LogP contribution is -2.43. The van der Waals surface area contributed by atoms with E-state index in [2.05, 4.69) is 6.58 Å². The van der Waals surface area contributed by atoms with Crippen LogP contribution in [-0.4, -0.2) is 46.3 Å². The number of carbonyl (C=O) groups is 1. The summed E-state index contributed by atoms with van der Waals surface area (Å²) in [5, 5.41) is 18.4. The molecule has 1 amide bonds. The molecule has 0 saturated carbocycles. The molecule has 4 nitrogen and oxygen atoms in total. The van der Waals surface area contributed by atoms with Gasteiger partial charge in [-0.2, -0.15) is 0 Å². The molecular formula is C10H17NO3. The summed E-state index contributed by atoms with van der Waals surface area (Å²) in [4.78, 5) is 13.2. The minimum absolute atomic E-state index is 0.0213. The standard InChI is InChI=1S/C10H17NO3/c1-2-4-9(13)10(14)11-6-3-5-8(11)7-12/h2,8-9,12-13H,1,3-7H2/t8-,9+/m0/s1. The Morgan fingerprint density at radius 3 is 3.00 bits per heavy atom. The van der Waals surface area contributed by atoms with Crippen molar-refractivity contribution in [3.05, 3.63) is 12.7 Å². The number of hydrogen-bond acceptors (Lipinski definition) is 3. The SMILES string of the molecule is C=CC[C@@H](O)C(=O)N1CCC[C@H]1CO. The maximum Gasteiger partial charge on any atom is 0.252 e. The fourth-order valence-electron chi connectivity index (χ4n) is 1.77. The number of nitrogens with zero attached hydrogens (tertiary/aromatic N) is 1. The first-order valence-electron chi connectivity index (χ1n) is 4.91. The largest absolute Gasteiger partial charge is 0.394 e. The predicted molar refractivity (Wildman–Crippen MR) is 52.6 cm³/mol. The summed E-state index contributed by atoms with van der Waals surface area (Å²) in [5.41, 5.74) is 0. The number of aliphatic hydroxyl groups is 2. The first-order valence-corrected chi connectivity index (χ1v) is 4.91. The van der Waals surface area contributed by atoms with Gasteiger partial charge >= 0.3 is 0 Å². The molecule has 0 aliphatic carbocycles. The third-order valence-corrected chi connectivity index (χ3v) is 2.55. The molecule has 1 saturated heterocycles. The lowest BCUT2D eigenvalue weighted by atomic mass is 10.2. The van der Waals surface area contributed by atoms with Gasteiger partial charge in [-0.15, -0.1) is 6.58 Å². The van der Waals surface area contributed by atoms with Gasteiger partial charge in [0.05, 0.1) is 12.6 Å². The summed E-state index contributed by atoms with van der Waals surface area (Å²) in [5.74, 6) is -0.290. The minimum Gasteiger partial charge on any atom is -0.394 e. The van der Waals surface area contributed by atoms with Crippen molar-refractivity contribution in [1.82, 2.24) is 4.90 Å². The molecule has 0 aromatic heterocycles. The zero-order valence-corrected chi connectivity index (χ0v) is 8.22. The van der Waals surface area contributed by atoms with Gasteiger partial charge in [-0.3, -0.25) is 4.79 Å². The summed E-state index contributed by atoms with van der Waals surface area (Å²) < 4.78 is 0. The van der Waals surface area contributed by atoms with Crippen LogP contribution in [0, 0.1) is 0 Å². The van der Waals surface area contributed by atoms with Crippen LogP contribution in [0.1, 0.15) is 19.3 Å². The van der Waals surface area contributed by atoms with Crippen molar-refractivity contribution in [3.8, 4) is 0 Å². The van der Waals surface area contributed by atoms with Gasteiger partial charge in [0.1, 0.15) is 6.10 Å². The van der Waals surface area contributed by atoms with Crippen molar-refractivity contribution in [3.63, 3.8) is 0 Å². The second-order valence-corrected chi connectivity index (χ2v) is 3.55. The third-order valence-electron chi connectivity index (χ3n) is 2.55. The van der Waals surface area contributed by atoms with Crippen molar-refractivity contribution in [2.24, 2.45) is 0 Å². The Balaban J connectivity index is 2.54. The van der Waals surface area contributed by atoms with Crippen molar-refractivity contribution >= 4 is 5.91 Å². The van der Waals surface area contributed by atoms with Crippen LogP contribution in [0.3, 0.4) is 0 Å². The Morgan fingerprint density at radius 2 is 2.43 bits per heavy atom. The van der Waals surface area contributed by atoms with Crippen LogP contribution in [0.15, 0.2) is 12.7 Å². The molecule has 0 radical (unpaired) electrons. The van der Waals surface area contributed by atoms with Gasteiger partial charge in [-0.05, 0) is 12.8 Å². The number of hydrogen-bond donors (Lipinski definition) is 2. The van der Waals surface area contributed by atoms with E-state index >= 15 is 0 Å². The Kier molecular flexibility index (Phi) is 4.10. The van der Waals surface area contributed by atoms with E-state index < -0.39 is 6.10 Å². The maximum atomic E-state index is 11.6. The molecule has 0 unspecified atom stereocenters. The van der Waals surface area contributed by atoms with E-state index in [0.717, 1.165) is 12.8 Å². The average Bonchev–Trinajstić information content (AvgIpc) is 2.64. The summed E-state index contributed by atoms with van der Waals surface area (Å²) in [6.07, 6.45) is 2.51. The van der Waals surface area contributed by atoms with E-state index in [0.29, 0.717) is 6.54 Å². The zero-order chi connectivity index (χ0) is 10.6. The van der Waals surface area contributed by atoms with E-state index in [-0.39, 0.29) is 25.0 Å². The quantitative estimate of drug-likeness (QED) is 0.622. The second-order valence-electron chi connectivity index (χ2n) is 3.55. The smallest absolute Gasteiger partial charge is 0.252 e. The molecule has 1 aliphatic rings. The third kappa shape index (κ3) is 2.33. The van der Waals surface area contributed by atoms with Crippen LogP contribution >= 0.6 is 0 Å². The highest BCUT2D eigenvalue weighted by Crippen LogP contribution is 2.18. The highest BCUT2D eigenvalue weighted by molar-refractivity contribution is 5.81. The lowest BCUT2D eigenvalue weighted by Gasteiger charge is -2.25. The molecule has 0 spiro atoms. The highest BCUT2D eigenvalue weighted by atomic mass is 16.3. The van der Waals surface area contributed by atoms with Crippen molar-refractivity contribution in [2.45, 2.75) is 31.4 Å². The predicted octanol–water partition coefficient (Wildman–Crippen LogP) is -0.0933. The van der Waals surface area contributed by atoms with Gasteiger partial charge in [0.2, 0.25) is 0 Å². The summed E-state index contributed by atoms with van der Waals surface area (Å²) in [7, 11) is 0. The maximum absolute atomic E-state index is 11.6. The van der Waals surface area contributed by atoms with Gasteiger partial charge in [-0.25, -0.2) is 0 Å². The van der Waals surface area contributed by atoms with Crippen LogP contribution in [0.5, 0.6) is 0 Å². The number of aliphatic hydroxyl groups excluding tert-OH is 2. The Hall–Kier alpha value is -0.870. The molecule has 14 heavy (non-hydrogen) atoms. The topological polar surface area (TPSA) is 60.8 Å². The van der Waals surface area contributed by atoms with Crippen molar-refractivity contribution in [2.75, 3.05) is 13.2 Å². The number of rotatable bonds is 4. The molecule has 2 N–H and O–H groups in total. The molecule has 0 aromatic rings. The molecule has 0 bridgehead atoms. The van der Waals surface area contributed by atoms with E-state index in [1.165, 1.54) is 6.08 Å². The molecular weight excluding hydrogens is 182 g/mol. The molecule has 80 valence electrons. The van der Waals surface area contributed by atoms with Gasteiger partial charge in [0.15, 0.2) is 0 Å². The summed E-state index contributed by atoms with van der Waals surface area (Å²) in [6.45, 7) is 4.08. The van der Waals surface area contributed by atoms with Gasteiger partial charge in [-0.1, -0.05) is 6.08 Å². The first kappa shape index (κ1) is 11.2. The highest BCUT2D eigenvalue weighted by Gasteiger charge is 2.31. The van der Waals surface area contributed by atoms with Crippen molar-refractivity contribution in [1.29, 1.82) is 0 Å². The number of carbonyl (C=O) groups excluding carboxylic acids is 1. The van der Waals surface area contributed by atoms with Gasteiger partial charge in [0, 0.05) is 13.0 Å². The second kappa shape index (κ2) is 5.12. The average molecular weight is 199 g/mol. The Labute approximate surface area is 83.8 Å². The molecule has 1 fully saturated rings. The van der Waals surface area contributed by atoms with Crippen LogP contribution in [0.25, 0.3) is 0 Å². The molecule has 1 rings (SSSR count). The van der Waals surface area contributed by atoms with Gasteiger partial charge < -0.3 is 15.1 Å². The Bertz CT molecular complexity index is 217. The summed E-state index contributed by atoms with van der Waals surface area (Å²) in [6, 6.07) is -0.109. The number of likely N-dealkylation sites (tertiary alicyclic amines) is 1. The van der Waals surface area contributed by atoms with Crippen LogP contribution in [0.2, 0.25) is 0 Å². The fraction of sp³-hybridized carbons (Fsp3) is 0.700. The fourth-order valence-corrected chi connectivity index (χ4v) is 1.77. The molecule has 0 aromatic carbocycles. The minimum atomic E-state index is -1.00. The molecule has 2 atom stereocenters. The van der Waals surface area contributed by atoms with E-state index in [9.17, 15) is 9.90 Å². The van der Waals surface area contributed by atoms with E-state index in [1.54, 1.807) is 4.90 Å². The first-order chi connectivity index (χ1) is 6.70. The van der Waals surface area contributed by atoms with Crippen molar-refractivity contribution < 1.29 is 15.0 Å². The van der Waals surface area contributed by atoms with Crippen LogP contribution in [0.4, 0.5) is 0 Å². The lowest BCUT2D eigenvalue weighted by molar-refractivity contribution is -0.141. The Morgan fingerprint density at radius 1 is 1.71 bits per heavy atom. The molecule has 1 aliphatic heterocycles.